The van der Waals surface area contributed by atoms with Gasteiger partial charge < -0.3 is 19.3 Å². The number of hydrogen-bond donors (Lipinski definition) is 0. The summed E-state index contributed by atoms with van der Waals surface area (Å²) in [6.45, 7) is 7.58. The first-order valence-corrected chi connectivity index (χ1v) is 10.1. The maximum absolute atomic E-state index is 12.6. The van der Waals surface area contributed by atoms with Crippen molar-refractivity contribution in [3.8, 4) is 11.5 Å². The first kappa shape index (κ1) is 20.1. The van der Waals surface area contributed by atoms with E-state index in [4.69, 9.17) is 9.47 Å². The van der Waals surface area contributed by atoms with Crippen LogP contribution in [0.3, 0.4) is 0 Å². The normalized spacial score (nSPS) is 14.1. The van der Waals surface area contributed by atoms with Gasteiger partial charge in [0.1, 0.15) is 0 Å². The summed E-state index contributed by atoms with van der Waals surface area (Å²) < 4.78 is 11.0. The second kappa shape index (κ2) is 9.49. The summed E-state index contributed by atoms with van der Waals surface area (Å²) in [4.78, 5) is 16.9. The number of nitrogens with zero attached hydrogens (tertiary/aromatic N) is 2. The number of piperazine rings is 1. The topological polar surface area (TPSA) is 42.0 Å². The third kappa shape index (κ3) is 4.41. The SMILES string of the molecule is CCc1cccc(CC)c1N1CCN(C(=O)COc2ccccc2OC)CC1. The lowest BCUT2D eigenvalue weighted by molar-refractivity contribution is -0.133. The Hall–Kier alpha value is -2.69. The largest absolute Gasteiger partial charge is 0.493 e. The highest BCUT2D eigenvalue weighted by Gasteiger charge is 2.24. The molecule has 5 heteroatoms. The first-order chi connectivity index (χ1) is 13.7. The predicted octanol–water partition coefficient (Wildman–Crippen LogP) is 3.55. The highest BCUT2D eigenvalue weighted by Crippen LogP contribution is 2.28. The molecule has 0 spiro atoms. The minimum absolute atomic E-state index is 0.0186. The fraction of sp³-hybridized carbons (Fsp3) is 0.435. The molecule has 0 atom stereocenters. The zero-order chi connectivity index (χ0) is 19.9. The molecule has 1 amide bonds. The van der Waals surface area contributed by atoms with E-state index in [-0.39, 0.29) is 12.5 Å². The van der Waals surface area contributed by atoms with Crippen LogP contribution >= 0.6 is 0 Å². The molecule has 1 saturated heterocycles. The van der Waals surface area contributed by atoms with E-state index in [2.05, 4.69) is 36.9 Å². The second-order valence-corrected chi connectivity index (χ2v) is 6.94. The minimum atomic E-state index is 0.0186. The van der Waals surface area contributed by atoms with Crippen molar-refractivity contribution in [1.29, 1.82) is 0 Å². The van der Waals surface area contributed by atoms with E-state index in [0.717, 1.165) is 39.0 Å². The number of carbonyl (C=O) groups excluding carboxylic acids is 1. The summed E-state index contributed by atoms with van der Waals surface area (Å²) in [5.74, 6) is 1.26. The third-order valence-electron chi connectivity index (χ3n) is 5.33. The van der Waals surface area contributed by atoms with Gasteiger partial charge in [-0.05, 0) is 36.1 Å². The Morgan fingerprint density at radius 2 is 1.50 bits per heavy atom. The lowest BCUT2D eigenvalue weighted by Crippen LogP contribution is -2.50. The predicted molar refractivity (Wildman–Crippen MR) is 112 cm³/mol. The van der Waals surface area contributed by atoms with Gasteiger partial charge >= 0.3 is 0 Å². The number of rotatable bonds is 7. The number of para-hydroxylation sites is 3. The minimum Gasteiger partial charge on any atom is -0.493 e. The summed E-state index contributed by atoms with van der Waals surface area (Å²) in [5, 5.41) is 0. The van der Waals surface area contributed by atoms with Crippen LogP contribution in [0.4, 0.5) is 5.69 Å². The van der Waals surface area contributed by atoms with Gasteiger partial charge in [0.05, 0.1) is 7.11 Å². The molecule has 0 saturated carbocycles. The summed E-state index contributed by atoms with van der Waals surface area (Å²) in [6.07, 6.45) is 2.05. The molecule has 0 radical (unpaired) electrons. The van der Waals surface area contributed by atoms with E-state index in [0.29, 0.717) is 11.5 Å². The molecular weight excluding hydrogens is 352 g/mol. The second-order valence-electron chi connectivity index (χ2n) is 6.94. The molecule has 2 aromatic carbocycles. The number of benzene rings is 2. The molecule has 3 rings (SSSR count). The van der Waals surface area contributed by atoms with E-state index in [1.54, 1.807) is 7.11 Å². The molecule has 0 N–H and O–H groups in total. The molecule has 150 valence electrons. The molecule has 1 aliphatic heterocycles. The van der Waals surface area contributed by atoms with Crippen LogP contribution in [0.2, 0.25) is 0 Å². The van der Waals surface area contributed by atoms with Crippen molar-refractivity contribution in [2.75, 3.05) is 44.8 Å². The van der Waals surface area contributed by atoms with Gasteiger partial charge in [-0.1, -0.05) is 44.2 Å². The van der Waals surface area contributed by atoms with Crippen molar-refractivity contribution in [1.82, 2.24) is 4.90 Å². The number of carbonyl (C=O) groups is 1. The van der Waals surface area contributed by atoms with Gasteiger partial charge in [-0.3, -0.25) is 4.79 Å². The molecule has 2 aromatic rings. The highest BCUT2D eigenvalue weighted by atomic mass is 16.5. The standard InChI is InChI=1S/C23H30N2O3/c1-4-18-9-8-10-19(5-2)23(18)25-15-13-24(14-16-25)22(26)17-28-21-12-7-6-11-20(21)27-3/h6-12H,4-5,13-17H2,1-3H3. The fourth-order valence-corrected chi connectivity index (χ4v) is 3.77. The smallest absolute Gasteiger partial charge is 0.260 e. The van der Waals surface area contributed by atoms with Crippen molar-refractivity contribution in [2.45, 2.75) is 26.7 Å². The molecule has 1 heterocycles. The van der Waals surface area contributed by atoms with Gasteiger partial charge in [-0.15, -0.1) is 0 Å². The molecule has 0 aliphatic carbocycles. The zero-order valence-electron chi connectivity index (χ0n) is 17.1. The van der Waals surface area contributed by atoms with Gasteiger partial charge in [-0.2, -0.15) is 0 Å². The maximum atomic E-state index is 12.6. The van der Waals surface area contributed by atoms with E-state index in [9.17, 15) is 4.79 Å². The first-order valence-electron chi connectivity index (χ1n) is 10.1. The number of aryl methyl sites for hydroxylation is 2. The fourth-order valence-electron chi connectivity index (χ4n) is 3.77. The average Bonchev–Trinajstić information content (AvgIpc) is 2.77. The zero-order valence-corrected chi connectivity index (χ0v) is 17.1. The lowest BCUT2D eigenvalue weighted by atomic mass is 10.0. The number of ether oxygens (including phenoxy) is 2. The van der Waals surface area contributed by atoms with Crippen LogP contribution in [0.1, 0.15) is 25.0 Å². The maximum Gasteiger partial charge on any atom is 0.260 e. The van der Waals surface area contributed by atoms with Gasteiger partial charge in [0, 0.05) is 31.9 Å². The summed E-state index contributed by atoms with van der Waals surface area (Å²) in [5.41, 5.74) is 4.14. The van der Waals surface area contributed by atoms with Crippen molar-refractivity contribution < 1.29 is 14.3 Å². The molecule has 28 heavy (non-hydrogen) atoms. The Morgan fingerprint density at radius 1 is 0.893 bits per heavy atom. The molecular formula is C23H30N2O3. The average molecular weight is 383 g/mol. The van der Waals surface area contributed by atoms with Gasteiger partial charge in [0.15, 0.2) is 18.1 Å². The van der Waals surface area contributed by atoms with E-state index >= 15 is 0 Å². The highest BCUT2D eigenvalue weighted by molar-refractivity contribution is 5.78. The quantitative estimate of drug-likeness (QED) is 0.734. The lowest BCUT2D eigenvalue weighted by Gasteiger charge is -2.38. The van der Waals surface area contributed by atoms with E-state index in [1.807, 2.05) is 29.2 Å². The number of anilines is 1. The number of methoxy groups -OCH3 is 1. The number of amides is 1. The molecule has 5 nitrogen and oxygen atoms in total. The monoisotopic (exact) mass is 382 g/mol. The van der Waals surface area contributed by atoms with Crippen molar-refractivity contribution in [2.24, 2.45) is 0 Å². The van der Waals surface area contributed by atoms with Crippen LogP contribution in [0.15, 0.2) is 42.5 Å². The third-order valence-corrected chi connectivity index (χ3v) is 5.33. The van der Waals surface area contributed by atoms with Gasteiger partial charge in [0.2, 0.25) is 0 Å². The molecule has 1 aliphatic rings. The molecule has 0 unspecified atom stereocenters. The van der Waals surface area contributed by atoms with Crippen molar-refractivity contribution in [3.05, 3.63) is 53.6 Å². The Labute approximate surface area is 167 Å². The van der Waals surface area contributed by atoms with Gasteiger partial charge in [0.25, 0.3) is 5.91 Å². The molecule has 0 bridgehead atoms. The van der Waals surface area contributed by atoms with Crippen LogP contribution in [-0.2, 0) is 17.6 Å². The Balaban J connectivity index is 1.59. The Morgan fingerprint density at radius 3 is 2.07 bits per heavy atom. The van der Waals surface area contributed by atoms with Crippen LogP contribution in [0.25, 0.3) is 0 Å². The van der Waals surface area contributed by atoms with E-state index < -0.39 is 0 Å². The Kier molecular flexibility index (Phi) is 6.80. The van der Waals surface area contributed by atoms with Gasteiger partial charge in [-0.25, -0.2) is 0 Å². The van der Waals surface area contributed by atoms with Crippen molar-refractivity contribution >= 4 is 11.6 Å². The van der Waals surface area contributed by atoms with E-state index in [1.165, 1.54) is 16.8 Å². The summed E-state index contributed by atoms with van der Waals surface area (Å²) in [7, 11) is 1.60. The molecule has 0 aromatic heterocycles. The van der Waals surface area contributed by atoms with Crippen molar-refractivity contribution in [3.63, 3.8) is 0 Å². The van der Waals surface area contributed by atoms with Crippen LogP contribution in [0.5, 0.6) is 11.5 Å². The van der Waals surface area contributed by atoms with Crippen LogP contribution < -0.4 is 14.4 Å². The number of hydrogen-bond acceptors (Lipinski definition) is 4. The van der Waals surface area contributed by atoms with Crippen LogP contribution in [-0.4, -0.2) is 50.7 Å². The Bertz CT molecular complexity index is 776. The van der Waals surface area contributed by atoms with Crippen LogP contribution in [0, 0.1) is 0 Å². The molecule has 1 fully saturated rings. The summed E-state index contributed by atoms with van der Waals surface area (Å²) >= 11 is 0. The summed E-state index contributed by atoms with van der Waals surface area (Å²) in [6, 6.07) is 14.0.